The number of benzene rings is 1. The van der Waals surface area contributed by atoms with Gasteiger partial charge in [0.2, 0.25) is 5.91 Å². The molecule has 3 atom stereocenters. The molecule has 0 saturated carbocycles. The van der Waals surface area contributed by atoms with E-state index in [0.29, 0.717) is 12.1 Å². The molecule has 1 aromatic carbocycles. The zero-order chi connectivity index (χ0) is 31.5. The van der Waals surface area contributed by atoms with Crippen molar-refractivity contribution in [2.75, 3.05) is 19.7 Å². The van der Waals surface area contributed by atoms with Crippen LogP contribution in [0.1, 0.15) is 88.2 Å². The van der Waals surface area contributed by atoms with E-state index in [1.54, 1.807) is 32.9 Å². The monoisotopic (exact) mass is 600 g/mol. The van der Waals surface area contributed by atoms with Crippen LogP contribution in [0.5, 0.6) is 0 Å². The van der Waals surface area contributed by atoms with Gasteiger partial charge >= 0.3 is 18.2 Å². The van der Waals surface area contributed by atoms with E-state index < -0.39 is 47.7 Å². The standard InChI is InChI=1S/C31H44N4O8/c1-30(2,3)24-26(37)35-16-20(14-23(35)27(38)39)43-29(41)34-15-19-10-9-11-21(22(19)17-34)25(36)32-13-8-6-7-12-31(4,5)18-42-28(40)33-24/h9-11,20,23-24H,6-8,12-18H2,1-5H3,(H,32,36)(H,33,40)(H,38,39)/t20-,23?,24-/m1/s1. The van der Waals surface area contributed by atoms with Gasteiger partial charge in [0.1, 0.15) is 18.2 Å². The average molecular weight is 601 g/mol. The minimum atomic E-state index is -1.23. The van der Waals surface area contributed by atoms with E-state index in [9.17, 15) is 29.1 Å². The molecule has 3 aliphatic rings. The van der Waals surface area contributed by atoms with Crippen LogP contribution in [0.3, 0.4) is 0 Å². The summed E-state index contributed by atoms with van der Waals surface area (Å²) in [6.07, 6.45) is 0.982. The quantitative estimate of drug-likeness (QED) is 0.441. The molecule has 4 bridgehead atoms. The van der Waals surface area contributed by atoms with Crippen molar-refractivity contribution in [2.45, 2.75) is 98.0 Å². The van der Waals surface area contributed by atoms with Gasteiger partial charge in [-0.05, 0) is 40.9 Å². The zero-order valence-corrected chi connectivity index (χ0v) is 25.7. The number of cyclic esters (lactones) is 1. The van der Waals surface area contributed by atoms with Crippen molar-refractivity contribution in [1.82, 2.24) is 20.4 Å². The van der Waals surface area contributed by atoms with Crippen molar-refractivity contribution < 1.29 is 38.6 Å². The van der Waals surface area contributed by atoms with Gasteiger partial charge in [0.25, 0.3) is 5.91 Å². The molecule has 12 heteroatoms. The predicted octanol–water partition coefficient (Wildman–Crippen LogP) is 3.66. The Hall–Kier alpha value is -3.83. The van der Waals surface area contributed by atoms with E-state index in [0.717, 1.165) is 41.7 Å². The molecule has 3 aliphatic heterocycles. The highest BCUT2D eigenvalue weighted by atomic mass is 16.6. The molecule has 0 aromatic heterocycles. The van der Waals surface area contributed by atoms with Gasteiger partial charge in [-0.3, -0.25) is 14.5 Å². The number of amides is 4. The molecule has 4 amide bonds. The van der Waals surface area contributed by atoms with E-state index in [4.69, 9.17) is 9.47 Å². The fourth-order valence-corrected chi connectivity index (χ4v) is 5.85. The summed E-state index contributed by atoms with van der Waals surface area (Å²) in [5, 5.41) is 15.6. The number of carboxylic acids is 1. The molecule has 1 aromatic rings. The van der Waals surface area contributed by atoms with Crippen LogP contribution in [-0.4, -0.2) is 82.8 Å². The number of alkyl carbamates (subject to hydrolysis) is 1. The lowest BCUT2D eigenvalue weighted by atomic mass is 9.85. The Morgan fingerprint density at radius 1 is 1.07 bits per heavy atom. The van der Waals surface area contributed by atoms with Gasteiger partial charge in [0.05, 0.1) is 19.7 Å². The van der Waals surface area contributed by atoms with Crippen LogP contribution in [0.4, 0.5) is 9.59 Å². The maximum absolute atomic E-state index is 13.8. The summed E-state index contributed by atoms with van der Waals surface area (Å²) >= 11 is 0. The topological polar surface area (TPSA) is 155 Å². The van der Waals surface area contributed by atoms with Crippen molar-refractivity contribution in [2.24, 2.45) is 10.8 Å². The van der Waals surface area contributed by atoms with Crippen molar-refractivity contribution in [1.29, 1.82) is 0 Å². The number of aliphatic carboxylic acids is 1. The number of hydrogen-bond acceptors (Lipinski definition) is 7. The first-order chi connectivity index (χ1) is 20.2. The molecule has 1 unspecified atom stereocenters. The third-order valence-electron chi connectivity index (χ3n) is 8.37. The largest absolute Gasteiger partial charge is 0.480 e. The first-order valence-corrected chi connectivity index (χ1v) is 15.0. The van der Waals surface area contributed by atoms with E-state index in [1.165, 1.54) is 4.90 Å². The minimum Gasteiger partial charge on any atom is -0.480 e. The SMILES string of the molecule is CC1(C)CCCCCNC(=O)c2cccc3c2CN(C3)C(=O)O[C@@H]2CC(C(=O)O)N(C2)C(=O)[C@H](C(C)(C)C)NC(=O)OC1. The van der Waals surface area contributed by atoms with E-state index in [-0.39, 0.29) is 44.0 Å². The molecule has 4 rings (SSSR count). The third-order valence-corrected chi connectivity index (χ3v) is 8.37. The Morgan fingerprint density at radius 3 is 2.51 bits per heavy atom. The molecule has 0 aliphatic carbocycles. The Kier molecular flexibility index (Phi) is 9.56. The molecule has 1 saturated heterocycles. The highest BCUT2D eigenvalue weighted by molar-refractivity contribution is 5.96. The number of hydrogen-bond donors (Lipinski definition) is 3. The van der Waals surface area contributed by atoms with E-state index in [2.05, 4.69) is 10.6 Å². The number of fused-ring (bicyclic) bond motifs is 3. The van der Waals surface area contributed by atoms with Crippen LogP contribution in [0.15, 0.2) is 18.2 Å². The summed E-state index contributed by atoms with van der Waals surface area (Å²) in [6.45, 7) is 10.3. The molecule has 0 spiro atoms. The van der Waals surface area contributed by atoms with Crippen LogP contribution >= 0.6 is 0 Å². The molecule has 43 heavy (non-hydrogen) atoms. The number of rotatable bonds is 1. The maximum atomic E-state index is 13.8. The fourth-order valence-electron chi connectivity index (χ4n) is 5.85. The Labute approximate surface area is 252 Å². The van der Waals surface area contributed by atoms with Crippen LogP contribution < -0.4 is 10.6 Å². The summed E-state index contributed by atoms with van der Waals surface area (Å²) in [5.74, 6) is -2.01. The maximum Gasteiger partial charge on any atom is 0.410 e. The molecular formula is C31H44N4O8. The lowest BCUT2D eigenvalue weighted by Gasteiger charge is -2.34. The smallest absolute Gasteiger partial charge is 0.410 e. The summed E-state index contributed by atoms with van der Waals surface area (Å²) in [6, 6.07) is 3.10. The van der Waals surface area contributed by atoms with Gasteiger partial charge in [0.15, 0.2) is 0 Å². The Morgan fingerprint density at radius 2 is 1.81 bits per heavy atom. The van der Waals surface area contributed by atoms with Crippen molar-refractivity contribution in [3.63, 3.8) is 0 Å². The molecule has 12 nitrogen and oxygen atoms in total. The second-order valence-electron chi connectivity index (χ2n) is 13.6. The third kappa shape index (κ3) is 7.77. The molecule has 1 fully saturated rings. The van der Waals surface area contributed by atoms with E-state index >= 15 is 0 Å². The molecule has 3 heterocycles. The number of carbonyl (C=O) groups is 5. The van der Waals surface area contributed by atoms with Gasteiger partial charge in [-0.2, -0.15) is 0 Å². The zero-order valence-electron chi connectivity index (χ0n) is 25.7. The summed E-state index contributed by atoms with van der Waals surface area (Å²) in [7, 11) is 0. The van der Waals surface area contributed by atoms with Gasteiger partial charge in [-0.1, -0.05) is 59.6 Å². The molecule has 0 radical (unpaired) electrons. The van der Waals surface area contributed by atoms with Gasteiger partial charge < -0.3 is 30.1 Å². The average Bonchev–Trinajstić information content (AvgIpc) is 3.56. The van der Waals surface area contributed by atoms with Crippen molar-refractivity contribution in [3.05, 3.63) is 34.9 Å². The first-order valence-electron chi connectivity index (χ1n) is 15.0. The normalized spacial score (nSPS) is 25.8. The molecule has 236 valence electrons. The number of ether oxygens (including phenoxy) is 2. The predicted molar refractivity (Wildman–Crippen MR) is 156 cm³/mol. The highest BCUT2D eigenvalue weighted by Crippen LogP contribution is 2.31. The summed E-state index contributed by atoms with van der Waals surface area (Å²) in [4.78, 5) is 67.6. The lowest BCUT2D eigenvalue weighted by Crippen LogP contribution is -2.57. The van der Waals surface area contributed by atoms with Gasteiger partial charge in [-0.15, -0.1) is 0 Å². The summed E-state index contributed by atoms with van der Waals surface area (Å²) < 4.78 is 11.2. The second-order valence-corrected chi connectivity index (χ2v) is 13.6. The number of carboxylic acid groups (broad SMARTS) is 1. The van der Waals surface area contributed by atoms with Crippen LogP contribution in [0.25, 0.3) is 0 Å². The number of nitrogens with one attached hydrogen (secondary N) is 2. The van der Waals surface area contributed by atoms with Crippen LogP contribution in [0, 0.1) is 10.8 Å². The second kappa shape index (κ2) is 12.8. The number of nitrogens with zero attached hydrogens (tertiary/aromatic N) is 2. The summed E-state index contributed by atoms with van der Waals surface area (Å²) in [5.41, 5.74) is 1.04. The Balaban J connectivity index is 1.58. The highest BCUT2D eigenvalue weighted by Gasteiger charge is 2.47. The van der Waals surface area contributed by atoms with Crippen LogP contribution in [0.2, 0.25) is 0 Å². The lowest BCUT2D eigenvalue weighted by molar-refractivity contribution is -0.150. The first kappa shape index (κ1) is 32.1. The molecular weight excluding hydrogens is 556 g/mol. The van der Waals surface area contributed by atoms with Crippen LogP contribution in [-0.2, 0) is 32.2 Å². The van der Waals surface area contributed by atoms with E-state index in [1.807, 2.05) is 19.9 Å². The van der Waals surface area contributed by atoms with Gasteiger partial charge in [0, 0.05) is 25.1 Å². The molecule has 3 N–H and O–H groups in total. The fraction of sp³-hybridized carbons (Fsp3) is 0.645. The van der Waals surface area contributed by atoms with Crippen molar-refractivity contribution >= 4 is 30.0 Å². The van der Waals surface area contributed by atoms with Gasteiger partial charge in [-0.25, -0.2) is 14.4 Å². The number of carbonyl (C=O) groups excluding carboxylic acids is 4. The Bertz CT molecular complexity index is 1260. The van der Waals surface area contributed by atoms with Crippen molar-refractivity contribution in [3.8, 4) is 0 Å². The minimum absolute atomic E-state index is 0.0866.